The predicted octanol–water partition coefficient (Wildman–Crippen LogP) is 1.53. The van der Waals surface area contributed by atoms with Gasteiger partial charge in [-0.15, -0.1) is 0 Å². The van der Waals surface area contributed by atoms with Crippen LogP contribution in [0.1, 0.15) is 18.4 Å². The zero-order valence-electron chi connectivity index (χ0n) is 9.98. The fourth-order valence-electron chi connectivity index (χ4n) is 1.27. The number of carbonyl (C=O) groups excluding carboxylic acids is 2. The Morgan fingerprint density at radius 3 is 2.47 bits per heavy atom. The van der Waals surface area contributed by atoms with Crippen LogP contribution >= 0.6 is 11.6 Å². The van der Waals surface area contributed by atoms with Gasteiger partial charge in [0, 0.05) is 18.0 Å². The van der Waals surface area contributed by atoms with Gasteiger partial charge in [0.2, 0.25) is 5.91 Å². The Labute approximate surface area is 114 Å². The fourth-order valence-corrected chi connectivity index (χ4v) is 1.47. The van der Waals surface area contributed by atoms with Crippen LogP contribution in [0.3, 0.4) is 0 Å². The average molecular weight is 285 g/mol. The number of urea groups is 1. The monoisotopic (exact) mass is 284 g/mol. The third-order valence-electron chi connectivity index (χ3n) is 2.22. The van der Waals surface area contributed by atoms with Gasteiger partial charge in [-0.1, -0.05) is 29.8 Å². The molecule has 1 rings (SSSR count). The van der Waals surface area contributed by atoms with Gasteiger partial charge in [0.1, 0.15) is 0 Å². The number of halogens is 1. The Morgan fingerprint density at radius 1 is 1.16 bits per heavy atom. The van der Waals surface area contributed by atoms with Crippen molar-refractivity contribution >= 4 is 29.5 Å². The zero-order chi connectivity index (χ0) is 14.3. The smallest absolute Gasteiger partial charge is 0.321 e. The molecule has 0 saturated carbocycles. The molecule has 3 amide bonds. The topological polar surface area (TPSA) is 95.5 Å². The first-order chi connectivity index (χ1) is 8.99. The number of amides is 3. The van der Waals surface area contributed by atoms with Gasteiger partial charge in [-0.3, -0.25) is 14.9 Å². The summed E-state index contributed by atoms with van der Waals surface area (Å²) in [6, 6.07) is 6.29. The van der Waals surface area contributed by atoms with E-state index in [0.717, 1.165) is 5.56 Å². The molecule has 0 aliphatic carbocycles. The first-order valence-electron chi connectivity index (χ1n) is 5.52. The maximum absolute atomic E-state index is 11.3. The van der Waals surface area contributed by atoms with Crippen molar-refractivity contribution in [2.24, 2.45) is 0 Å². The second-order valence-electron chi connectivity index (χ2n) is 3.72. The molecule has 0 aromatic heterocycles. The number of benzene rings is 1. The number of imide groups is 1. The lowest BCUT2D eigenvalue weighted by molar-refractivity contribution is -0.138. The summed E-state index contributed by atoms with van der Waals surface area (Å²) in [4.78, 5) is 32.8. The highest BCUT2D eigenvalue weighted by atomic mass is 35.5. The molecule has 0 atom stereocenters. The van der Waals surface area contributed by atoms with Crippen LogP contribution in [0.5, 0.6) is 0 Å². The Hall–Kier alpha value is -2.08. The number of hydrogen-bond donors (Lipinski definition) is 3. The number of carbonyl (C=O) groups is 3. The molecule has 0 radical (unpaired) electrons. The van der Waals surface area contributed by atoms with E-state index in [1.165, 1.54) is 0 Å². The molecule has 0 spiro atoms. The maximum Gasteiger partial charge on any atom is 0.321 e. The standard InChI is InChI=1S/C12H13ClN2O4/c13-9-4-2-1-3-8(9)7-14-12(19)15-10(16)5-6-11(17)18/h1-4H,5-7H2,(H,17,18)(H2,14,15,16,19). The normalized spacial score (nSPS) is 9.74. The number of carboxylic acid groups (broad SMARTS) is 1. The van der Waals surface area contributed by atoms with Crippen molar-refractivity contribution in [3.8, 4) is 0 Å². The van der Waals surface area contributed by atoms with E-state index in [-0.39, 0.29) is 19.4 Å². The van der Waals surface area contributed by atoms with Crippen molar-refractivity contribution in [2.75, 3.05) is 0 Å². The highest BCUT2D eigenvalue weighted by molar-refractivity contribution is 6.31. The van der Waals surface area contributed by atoms with Crippen molar-refractivity contribution in [3.63, 3.8) is 0 Å². The maximum atomic E-state index is 11.3. The van der Waals surface area contributed by atoms with Crippen molar-refractivity contribution < 1.29 is 19.5 Å². The van der Waals surface area contributed by atoms with Crippen LogP contribution in [0.4, 0.5) is 4.79 Å². The van der Waals surface area contributed by atoms with E-state index in [1.807, 2.05) is 5.32 Å². The largest absolute Gasteiger partial charge is 0.481 e. The summed E-state index contributed by atoms with van der Waals surface area (Å²) in [5.74, 6) is -1.73. The van der Waals surface area contributed by atoms with Crippen LogP contribution < -0.4 is 10.6 Å². The van der Waals surface area contributed by atoms with Gasteiger partial charge < -0.3 is 10.4 Å². The molecule has 0 unspecified atom stereocenters. The number of rotatable bonds is 5. The van der Waals surface area contributed by atoms with E-state index >= 15 is 0 Å². The summed E-state index contributed by atoms with van der Waals surface area (Å²) in [7, 11) is 0. The fraction of sp³-hybridized carbons (Fsp3) is 0.250. The van der Waals surface area contributed by atoms with Crippen molar-refractivity contribution in [1.29, 1.82) is 0 Å². The van der Waals surface area contributed by atoms with E-state index in [4.69, 9.17) is 16.7 Å². The van der Waals surface area contributed by atoms with Crippen LogP contribution in [-0.4, -0.2) is 23.0 Å². The Bertz CT molecular complexity index is 490. The molecular formula is C12H13ClN2O4. The van der Waals surface area contributed by atoms with Crippen molar-refractivity contribution in [3.05, 3.63) is 34.9 Å². The lowest BCUT2D eigenvalue weighted by Crippen LogP contribution is -2.39. The van der Waals surface area contributed by atoms with Crippen LogP contribution in [0, 0.1) is 0 Å². The van der Waals surface area contributed by atoms with Gasteiger partial charge >= 0.3 is 12.0 Å². The minimum absolute atomic E-state index is 0.178. The number of nitrogens with one attached hydrogen (secondary N) is 2. The summed E-state index contributed by atoms with van der Waals surface area (Å²) in [5.41, 5.74) is 0.720. The molecule has 0 bridgehead atoms. The van der Waals surface area contributed by atoms with Crippen LogP contribution in [0.15, 0.2) is 24.3 Å². The molecule has 102 valence electrons. The van der Waals surface area contributed by atoms with Crippen molar-refractivity contribution in [1.82, 2.24) is 10.6 Å². The molecule has 0 saturated heterocycles. The van der Waals surface area contributed by atoms with Gasteiger partial charge in [0.15, 0.2) is 0 Å². The third kappa shape index (κ3) is 5.87. The second kappa shape index (κ2) is 7.38. The zero-order valence-corrected chi connectivity index (χ0v) is 10.7. The molecule has 0 aliphatic heterocycles. The van der Waals surface area contributed by atoms with E-state index in [2.05, 4.69) is 5.32 Å². The van der Waals surface area contributed by atoms with Crippen LogP contribution in [0.2, 0.25) is 5.02 Å². The molecule has 3 N–H and O–H groups in total. The van der Waals surface area contributed by atoms with Gasteiger partial charge in [-0.05, 0) is 11.6 Å². The van der Waals surface area contributed by atoms with Crippen molar-refractivity contribution in [2.45, 2.75) is 19.4 Å². The molecule has 0 heterocycles. The number of aliphatic carboxylic acids is 1. The highest BCUT2D eigenvalue weighted by Crippen LogP contribution is 2.13. The van der Waals surface area contributed by atoms with E-state index in [9.17, 15) is 14.4 Å². The van der Waals surface area contributed by atoms with Gasteiger partial charge in [-0.2, -0.15) is 0 Å². The van der Waals surface area contributed by atoms with E-state index in [0.29, 0.717) is 5.02 Å². The minimum atomic E-state index is -1.09. The minimum Gasteiger partial charge on any atom is -0.481 e. The SMILES string of the molecule is O=C(O)CCC(=O)NC(=O)NCc1ccccc1Cl. The molecule has 1 aromatic rings. The number of carboxylic acids is 1. The summed E-state index contributed by atoms with van der Waals surface area (Å²) < 4.78 is 0. The van der Waals surface area contributed by atoms with Gasteiger partial charge in [0.05, 0.1) is 6.42 Å². The predicted molar refractivity (Wildman–Crippen MR) is 68.7 cm³/mol. The molecule has 0 fully saturated rings. The highest BCUT2D eigenvalue weighted by Gasteiger charge is 2.09. The summed E-state index contributed by atoms with van der Waals surface area (Å²) in [6.45, 7) is 0.178. The lowest BCUT2D eigenvalue weighted by Gasteiger charge is -2.07. The quantitative estimate of drug-likeness (QED) is 0.764. The number of hydrogen-bond acceptors (Lipinski definition) is 3. The molecule has 0 aliphatic rings. The van der Waals surface area contributed by atoms with E-state index in [1.54, 1.807) is 24.3 Å². The molecule has 6 nitrogen and oxygen atoms in total. The first kappa shape index (κ1) is 15.0. The van der Waals surface area contributed by atoms with Crippen LogP contribution in [-0.2, 0) is 16.1 Å². The molecule has 1 aromatic carbocycles. The van der Waals surface area contributed by atoms with Gasteiger partial charge in [-0.25, -0.2) is 4.79 Å². The van der Waals surface area contributed by atoms with Crippen LogP contribution in [0.25, 0.3) is 0 Å². The first-order valence-corrected chi connectivity index (χ1v) is 5.89. The second-order valence-corrected chi connectivity index (χ2v) is 4.12. The summed E-state index contributed by atoms with van der Waals surface area (Å²) >= 11 is 5.89. The Morgan fingerprint density at radius 2 is 1.84 bits per heavy atom. The Balaban J connectivity index is 2.34. The summed E-state index contributed by atoms with van der Waals surface area (Å²) in [5, 5.41) is 13.4. The Kier molecular flexibility index (Phi) is 5.81. The average Bonchev–Trinajstić information content (AvgIpc) is 2.35. The molecule has 7 heteroatoms. The third-order valence-corrected chi connectivity index (χ3v) is 2.58. The molecule has 19 heavy (non-hydrogen) atoms. The van der Waals surface area contributed by atoms with E-state index < -0.39 is 17.9 Å². The molecular weight excluding hydrogens is 272 g/mol. The van der Waals surface area contributed by atoms with Gasteiger partial charge in [0.25, 0.3) is 0 Å². The summed E-state index contributed by atoms with van der Waals surface area (Å²) in [6.07, 6.45) is -0.557. The lowest BCUT2D eigenvalue weighted by atomic mass is 10.2.